The molecule has 3 heteroatoms. The molecular formula is C18H28N2O. The van der Waals surface area contributed by atoms with Crippen LogP contribution in [0.5, 0.6) is 0 Å². The first kappa shape index (κ1) is 16.0. The van der Waals surface area contributed by atoms with E-state index >= 15 is 0 Å². The molecule has 0 aromatic heterocycles. The van der Waals surface area contributed by atoms with Gasteiger partial charge >= 0.3 is 0 Å². The zero-order valence-electron chi connectivity index (χ0n) is 13.7. The van der Waals surface area contributed by atoms with E-state index in [0.29, 0.717) is 11.8 Å². The highest BCUT2D eigenvalue weighted by Crippen LogP contribution is 2.35. The second kappa shape index (κ2) is 6.61. The summed E-state index contributed by atoms with van der Waals surface area (Å²) in [6, 6.07) is 8.29. The number of anilines is 1. The van der Waals surface area contributed by atoms with E-state index in [1.807, 2.05) is 12.1 Å². The van der Waals surface area contributed by atoms with Crippen molar-refractivity contribution in [1.82, 2.24) is 5.32 Å². The Morgan fingerprint density at radius 2 is 1.95 bits per heavy atom. The van der Waals surface area contributed by atoms with Crippen molar-refractivity contribution >= 4 is 11.6 Å². The average molecular weight is 288 g/mol. The molecule has 1 amide bonds. The molecule has 1 aromatic carbocycles. The minimum absolute atomic E-state index is 0.152. The molecule has 1 fully saturated rings. The van der Waals surface area contributed by atoms with Crippen molar-refractivity contribution in [3.8, 4) is 0 Å². The van der Waals surface area contributed by atoms with E-state index in [1.54, 1.807) is 0 Å². The fourth-order valence-corrected chi connectivity index (χ4v) is 3.05. The standard InChI is InChI=1S/C18H28N2O/c1-5-14(4)15-6-8-16(9-7-15)20-17(21)18(13(2)3)10-11-19-12-18/h6-9,13-14,19H,5,10-12H2,1-4H3,(H,20,21). The Bertz CT molecular complexity index is 472. The molecule has 116 valence electrons. The predicted octanol–water partition coefficient (Wildman–Crippen LogP) is 3.77. The van der Waals surface area contributed by atoms with Crippen molar-refractivity contribution in [2.45, 2.75) is 46.5 Å². The van der Waals surface area contributed by atoms with Gasteiger partial charge in [-0.3, -0.25) is 4.79 Å². The fourth-order valence-electron chi connectivity index (χ4n) is 3.05. The number of rotatable bonds is 5. The van der Waals surface area contributed by atoms with Gasteiger partial charge in [-0.2, -0.15) is 0 Å². The predicted molar refractivity (Wildman–Crippen MR) is 88.5 cm³/mol. The van der Waals surface area contributed by atoms with Crippen molar-refractivity contribution in [2.24, 2.45) is 11.3 Å². The Kier molecular flexibility index (Phi) is 5.04. The van der Waals surface area contributed by atoms with Gasteiger partial charge in [-0.15, -0.1) is 0 Å². The largest absolute Gasteiger partial charge is 0.326 e. The van der Waals surface area contributed by atoms with Gasteiger partial charge in [0, 0.05) is 12.2 Å². The van der Waals surface area contributed by atoms with E-state index < -0.39 is 0 Å². The van der Waals surface area contributed by atoms with E-state index in [4.69, 9.17) is 0 Å². The van der Waals surface area contributed by atoms with Crippen molar-refractivity contribution in [2.75, 3.05) is 18.4 Å². The van der Waals surface area contributed by atoms with Gasteiger partial charge in [0.05, 0.1) is 5.41 Å². The highest BCUT2D eigenvalue weighted by molar-refractivity contribution is 5.96. The van der Waals surface area contributed by atoms with Gasteiger partial charge in [0.1, 0.15) is 0 Å². The van der Waals surface area contributed by atoms with Crippen LogP contribution in [0.4, 0.5) is 5.69 Å². The van der Waals surface area contributed by atoms with E-state index in [0.717, 1.165) is 31.6 Å². The zero-order chi connectivity index (χ0) is 15.5. The smallest absolute Gasteiger partial charge is 0.232 e. The molecule has 1 aromatic rings. The number of hydrogen-bond donors (Lipinski definition) is 2. The van der Waals surface area contributed by atoms with Crippen LogP contribution in [-0.2, 0) is 4.79 Å². The summed E-state index contributed by atoms with van der Waals surface area (Å²) in [4.78, 5) is 12.7. The molecule has 2 atom stereocenters. The van der Waals surface area contributed by atoms with Crippen LogP contribution in [0.15, 0.2) is 24.3 Å². The number of benzene rings is 1. The van der Waals surface area contributed by atoms with Crippen molar-refractivity contribution in [1.29, 1.82) is 0 Å². The van der Waals surface area contributed by atoms with Gasteiger partial charge in [-0.05, 0) is 48.9 Å². The quantitative estimate of drug-likeness (QED) is 0.866. The number of carbonyl (C=O) groups excluding carboxylic acids is 1. The number of hydrogen-bond acceptors (Lipinski definition) is 2. The van der Waals surface area contributed by atoms with Crippen LogP contribution in [0.3, 0.4) is 0 Å². The van der Waals surface area contributed by atoms with Gasteiger partial charge in [0.15, 0.2) is 0 Å². The normalized spacial score (nSPS) is 23.3. The summed E-state index contributed by atoms with van der Waals surface area (Å²) in [5.41, 5.74) is 1.96. The van der Waals surface area contributed by atoms with E-state index in [1.165, 1.54) is 5.56 Å². The topological polar surface area (TPSA) is 41.1 Å². The summed E-state index contributed by atoms with van der Waals surface area (Å²) in [7, 11) is 0. The Labute approximate surface area is 128 Å². The zero-order valence-corrected chi connectivity index (χ0v) is 13.7. The second-order valence-electron chi connectivity index (χ2n) is 6.62. The number of carbonyl (C=O) groups is 1. The van der Waals surface area contributed by atoms with Crippen LogP contribution >= 0.6 is 0 Å². The molecule has 2 N–H and O–H groups in total. The molecule has 1 heterocycles. The Morgan fingerprint density at radius 3 is 2.43 bits per heavy atom. The van der Waals surface area contributed by atoms with Crippen molar-refractivity contribution in [3.63, 3.8) is 0 Å². The first-order valence-corrected chi connectivity index (χ1v) is 8.11. The van der Waals surface area contributed by atoms with Crippen LogP contribution in [0.2, 0.25) is 0 Å². The maximum absolute atomic E-state index is 12.7. The Balaban J connectivity index is 2.08. The first-order chi connectivity index (χ1) is 9.99. The van der Waals surface area contributed by atoms with Gasteiger partial charge in [0.25, 0.3) is 0 Å². The fraction of sp³-hybridized carbons (Fsp3) is 0.611. The summed E-state index contributed by atoms with van der Waals surface area (Å²) < 4.78 is 0. The maximum Gasteiger partial charge on any atom is 0.232 e. The highest BCUT2D eigenvalue weighted by Gasteiger charge is 2.43. The van der Waals surface area contributed by atoms with Crippen LogP contribution in [0.25, 0.3) is 0 Å². The average Bonchev–Trinajstić information content (AvgIpc) is 2.98. The molecular weight excluding hydrogens is 260 g/mol. The lowest BCUT2D eigenvalue weighted by molar-refractivity contribution is -0.126. The van der Waals surface area contributed by atoms with Crippen LogP contribution in [-0.4, -0.2) is 19.0 Å². The molecule has 21 heavy (non-hydrogen) atoms. The molecule has 1 aliphatic heterocycles. The molecule has 2 unspecified atom stereocenters. The molecule has 0 radical (unpaired) electrons. The molecule has 0 saturated carbocycles. The lowest BCUT2D eigenvalue weighted by atomic mass is 9.75. The lowest BCUT2D eigenvalue weighted by Gasteiger charge is -2.31. The number of amides is 1. The first-order valence-electron chi connectivity index (χ1n) is 8.11. The Morgan fingerprint density at radius 1 is 1.29 bits per heavy atom. The van der Waals surface area contributed by atoms with Gasteiger partial charge < -0.3 is 10.6 Å². The van der Waals surface area contributed by atoms with E-state index in [-0.39, 0.29) is 11.3 Å². The summed E-state index contributed by atoms with van der Waals surface area (Å²) >= 11 is 0. The molecule has 0 spiro atoms. The molecule has 1 aliphatic rings. The monoisotopic (exact) mass is 288 g/mol. The van der Waals surface area contributed by atoms with Crippen LogP contribution < -0.4 is 10.6 Å². The van der Waals surface area contributed by atoms with Crippen LogP contribution in [0, 0.1) is 11.3 Å². The highest BCUT2D eigenvalue weighted by atomic mass is 16.2. The van der Waals surface area contributed by atoms with Crippen molar-refractivity contribution in [3.05, 3.63) is 29.8 Å². The third kappa shape index (κ3) is 3.29. The minimum atomic E-state index is -0.268. The Hall–Kier alpha value is -1.35. The van der Waals surface area contributed by atoms with Crippen molar-refractivity contribution < 1.29 is 4.79 Å². The molecule has 3 nitrogen and oxygen atoms in total. The third-order valence-electron chi connectivity index (χ3n) is 5.10. The van der Waals surface area contributed by atoms with E-state index in [9.17, 15) is 4.79 Å². The summed E-state index contributed by atoms with van der Waals surface area (Å²) in [6.07, 6.45) is 2.05. The molecule has 1 saturated heterocycles. The molecule has 0 aliphatic carbocycles. The summed E-state index contributed by atoms with van der Waals surface area (Å²) in [5, 5.41) is 6.44. The third-order valence-corrected chi connectivity index (χ3v) is 5.10. The maximum atomic E-state index is 12.7. The van der Waals surface area contributed by atoms with E-state index in [2.05, 4.69) is 50.5 Å². The SMILES string of the molecule is CCC(C)c1ccc(NC(=O)C2(C(C)C)CCNC2)cc1. The summed E-state index contributed by atoms with van der Waals surface area (Å²) in [5.74, 6) is 1.06. The number of nitrogens with one attached hydrogen (secondary N) is 2. The minimum Gasteiger partial charge on any atom is -0.326 e. The van der Waals surface area contributed by atoms with Gasteiger partial charge in [0.2, 0.25) is 5.91 Å². The van der Waals surface area contributed by atoms with Crippen LogP contribution in [0.1, 0.15) is 52.0 Å². The summed E-state index contributed by atoms with van der Waals surface area (Å²) in [6.45, 7) is 10.4. The van der Waals surface area contributed by atoms with Gasteiger partial charge in [-0.25, -0.2) is 0 Å². The molecule has 0 bridgehead atoms. The lowest BCUT2D eigenvalue weighted by Crippen LogP contribution is -2.42. The second-order valence-corrected chi connectivity index (χ2v) is 6.62. The van der Waals surface area contributed by atoms with Gasteiger partial charge in [-0.1, -0.05) is 39.8 Å². The molecule has 2 rings (SSSR count).